The van der Waals surface area contributed by atoms with Crippen LogP contribution in [0.1, 0.15) is 18.9 Å². The van der Waals surface area contributed by atoms with Crippen LogP contribution in [0.3, 0.4) is 0 Å². The molecule has 0 spiro atoms. The minimum atomic E-state index is -0.120. The molecule has 2 amide bonds. The van der Waals surface area contributed by atoms with E-state index >= 15 is 0 Å². The lowest BCUT2D eigenvalue weighted by molar-refractivity contribution is -0.138. The van der Waals surface area contributed by atoms with Gasteiger partial charge in [-0.25, -0.2) is 0 Å². The van der Waals surface area contributed by atoms with Crippen LogP contribution in [0.2, 0.25) is 0 Å². The Morgan fingerprint density at radius 1 is 1.24 bits per heavy atom. The Bertz CT molecular complexity index is 456. The molecule has 0 N–H and O–H groups in total. The highest BCUT2D eigenvalue weighted by atomic mass is 16.2. The number of amides is 2. The van der Waals surface area contributed by atoms with Gasteiger partial charge in [0.15, 0.2) is 0 Å². The quantitative estimate of drug-likeness (QED) is 0.726. The molecule has 0 unspecified atom stereocenters. The van der Waals surface area contributed by atoms with Crippen LogP contribution in [0.4, 0.5) is 5.69 Å². The number of carbonyl (C=O) groups excluding carboxylic acids is 2. The molecule has 0 aliphatic carbocycles. The Morgan fingerprint density at radius 2 is 2.00 bits per heavy atom. The highest BCUT2D eigenvalue weighted by Gasteiger charge is 2.29. The van der Waals surface area contributed by atoms with Crippen molar-refractivity contribution in [2.75, 3.05) is 18.1 Å². The number of hydrogen-bond acceptors (Lipinski definition) is 2. The lowest BCUT2D eigenvalue weighted by atomic mass is 10.2. The topological polar surface area (TPSA) is 40.6 Å². The molecule has 17 heavy (non-hydrogen) atoms. The van der Waals surface area contributed by atoms with Crippen molar-refractivity contribution in [3.8, 4) is 0 Å². The SMILES string of the molecule is CCN1CN(c2cccc(C)c2)C(=O)CC1=O. The molecule has 1 fully saturated rings. The monoisotopic (exact) mass is 232 g/mol. The third kappa shape index (κ3) is 2.30. The Morgan fingerprint density at radius 3 is 2.65 bits per heavy atom. The van der Waals surface area contributed by atoms with Gasteiger partial charge in [-0.1, -0.05) is 12.1 Å². The molecule has 0 radical (unpaired) electrons. The lowest BCUT2D eigenvalue weighted by Crippen LogP contribution is -2.51. The molecule has 1 aromatic rings. The van der Waals surface area contributed by atoms with Gasteiger partial charge in [-0.15, -0.1) is 0 Å². The van der Waals surface area contributed by atoms with Gasteiger partial charge in [0.05, 0.1) is 0 Å². The average Bonchev–Trinajstić information content (AvgIpc) is 2.29. The molecule has 1 aliphatic rings. The van der Waals surface area contributed by atoms with E-state index in [-0.39, 0.29) is 18.2 Å². The van der Waals surface area contributed by atoms with Gasteiger partial charge in [0.1, 0.15) is 13.1 Å². The van der Waals surface area contributed by atoms with Gasteiger partial charge in [0.2, 0.25) is 11.8 Å². The van der Waals surface area contributed by atoms with E-state index in [9.17, 15) is 9.59 Å². The largest absolute Gasteiger partial charge is 0.324 e. The summed E-state index contributed by atoms with van der Waals surface area (Å²) >= 11 is 0. The number of anilines is 1. The Kier molecular flexibility index (Phi) is 3.13. The Labute approximate surface area is 101 Å². The molecule has 1 saturated heterocycles. The van der Waals surface area contributed by atoms with Gasteiger partial charge < -0.3 is 4.90 Å². The van der Waals surface area contributed by atoms with Gasteiger partial charge in [-0.05, 0) is 31.5 Å². The molecular weight excluding hydrogens is 216 g/mol. The van der Waals surface area contributed by atoms with Crippen molar-refractivity contribution >= 4 is 17.5 Å². The fourth-order valence-electron chi connectivity index (χ4n) is 1.96. The van der Waals surface area contributed by atoms with E-state index in [4.69, 9.17) is 0 Å². The minimum Gasteiger partial charge on any atom is -0.324 e. The number of hydrogen-bond donors (Lipinski definition) is 0. The second-order valence-corrected chi connectivity index (χ2v) is 4.23. The molecule has 90 valence electrons. The van der Waals surface area contributed by atoms with E-state index in [1.54, 1.807) is 9.80 Å². The van der Waals surface area contributed by atoms with Gasteiger partial charge in [0.25, 0.3) is 0 Å². The lowest BCUT2D eigenvalue weighted by Gasteiger charge is -2.34. The van der Waals surface area contributed by atoms with Crippen molar-refractivity contribution in [2.45, 2.75) is 20.3 Å². The van der Waals surface area contributed by atoms with Gasteiger partial charge in [-0.3, -0.25) is 14.5 Å². The predicted octanol–water partition coefficient (Wildman–Crippen LogP) is 1.54. The highest BCUT2D eigenvalue weighted by Crippen LogP contribution is 2.20. The Balaban J connectivity index is 2.26. The summed E-state index contributed by atoms with van der Waals surface area (Å²) in [6.45, 7) is 4.90. The fourth-order valence-corrected chi connectivity index (χ4v) is 1.96. The molecule has 0 bridgehead atoms. The number of benzene rings is 1. The molecule has 2 rings (SSSR count). The maximum Gasteiger partial charge on any atom is 0.237 e. The third-order valence-corrected chi connectivity index (χ3v) is 2.96. The van der Waals surface area contributed by atoms with Crippen molar-refractivity contribution in [2.24, 2.45) is 0 Å². The van der Waals surface area contributed by atoms with E-state index in [1.807, 2.05) is 38.1 Å². The number of rotatable bonds is 2. The number of nitrogens with zero attached hydrogens (tertiary/aromatic N) is 2. The van der Waals surface area contributed by atoms with Crippen LogP contribution < -0.4 is 4.90 Å². The zero-order valence-electron chi connectivity index (χ0n) is 10.1. The zero-order chi connectivity index (χ0) is 12.4. The summed E-state index contributed by atoms with van der Waals surface area (Å²) < 4.78 is 0. The van der Waals surface area contributed by atoms with Gasteiger partial charge >= 0.3 is 0 Å². The van der Waals surface area contributed by atoms with E-state index < -0.39 is 0 Å². The van der Waals surface area contributed by atoms with Crippen molar-refractivity contribution in [1.82, 2.24) is 4.90 Å². The highest BCUT2D eigenvalue weighted by molar-refractivity contribution is 6.07. The minimum absolute atomic E-state index is 0.0260. The summed E-state index contributed by atoms with van der Waals surface area (Å²) in [6.07, 6.45) is -0.0260. The molecule has 1 aromatic carbocycles. The first kappa shape index (κ1) is 11.6. The summed E-state index contributed by atoms with van der Waals surface area (Å²) in [6, 6.07) is 7.77. The Hall–Kier alpha value is -1.84. The van der Waals surface area contributed by atoms with Crippen LogP contribution in [0.5, 0.6) is 0 Å². The molecule has 4 nitrogen and oxygen atoms in total. The van der Waals surface area contributed by atoms with Crippen LogP contribution in [0.25, 0.3) is 0 Å². The van der Waals surface area contributed by atoms with Crippen molar-refractivity contribution < 1.29 is 9.59 Å². The van der Waals surface area contributed by atoms with Crippen LogP contribution in [0, 0.1) is 6.92 Å². The predicted molar refractivity (Wildman–Crippen MR) is 65.5 cm³/mol. The van der Waals surface area contributed by atoms with Crippen molar-refractivity contribution in [3.63, 3.8) is 0 Å². The molecule has 0 atom stereocenters. The normalized spacial score (nSPS) is 16.6. The second kappa shape index (κ2) is 4.57. The van der Waals surface area contributed by atoms with Crippen molar-refractivity contribution in [1.29, 1.82) is 0 Å². The molecule has 0 aromatic heterocycles. The van der Waals surface area contributed by atoms with E-state index in [0.29, 0.717) is 13.2 Å². The maximum absolute atomic E-state index is 11.9. The first-order valence-corrected chi connectivity index (χ1v) is 5.76. The van der Waals surface area contributed by atoms with Crippen LogP contribution in [0.15, 0.2) is 24.3 Å². The van der Waals surface area contributed by atoms with Gasteiger partial charge in [-0.2, -0.15) is 0 Å². The molecule has 1 aliphatic heterocycles. The van der Waals surface area contributed by atoms with E-state index in [2.05, 4.69) is 0 Å². The van der Waals surface area contributed by atoms with Gasteiger partial charge in [0, 0.05) is 12.2 Å². The average molecular weight is 232 g/mol. The maximum atomic E-state index is 11.9. The van der Waals surface area contributed by atoms with E-state index in [1.165, 1.54) is 0 Å². The van der Waals surface area contributed by atoms with E-state index in [0.717, 1.165) is 11.3 Å². The second-order valence-electron chi connectivity index (χ2n) is 4.23. The van der Waals surface area contributed by atoms with Crippen molar-refractivity contribution in [3.05, 3.63) is 29.8 Å². The first-order chi connectivity index (χ1) is 8.11. The summed E-state index contributed by atoms with van der Waals surface area (Å²) in [5.74, 6) is -0.202. The summed E-state index contributed by atoms with van der Waals surface area (Å²) in [5, 5.41) is 0. The molecule has 1 heterocycles. The third-order valence-electron chi connectivity index (χ3n) is 2.96. The van der Waals surface area contributed by atoms with Crippen LogP contribution in [-0.4, -0.2) is 29.9 Å². The standard InChI is InChI=1S/C13H16N2O2/c1-3-14-9-15(13(17)8-12(14)16)11-6-4-5-10(2)7-11/h4-7H,3,8-9H2,1-2H3. The smallest absolute Gasteiger partial charge is 0.237 e. The fraction of sp³-hybridized carbons (Fsp3) is 0.385. The number of aryl methyl sites for hydroxylation is 1. The summed E-state index contributed by atoms with van der Waals surface area (Å²) in [4.78, 5) is 26.8. The molecular formula is C13H16N2O2. The molecule has 4 heteroatoms. The summed E-state index contributed by atoms with van der Waals surface area (Å²) in [7, 11) is 0. The zero-order valence-corrected chi connectivity index (χ0v) is 10.1. The van der Waals surface area contributed by atoms with Crippen LogP contribution in [-0.2, 0) is 9.59 Å². The first-order valence-electron chi connectivity index (χ1n) is 5.76. The number of carbonyl (C=O) groups is 2. The summed E-state index contributed by atoms with van der Waals surface area (Å²) in [5.41, 5.74) is 1.97. The molecule has 0 saturated carbocycles. The van der Waals surface area contributed by atoms with Crippen LogP contribution >= 0.6 is 0 Å².